The molecule has 1 fully saturated rings. The number of aryl methyl sites for hydroxylation is 1. The molecule has 1 N–H and O–H groups in total. The molecule has 0 aromatic carbocycles. The van der Waals surface area contributed by atoms with Crippen LogP contribution in [0, 0.1) is 19.8 Å². The molecule has 1 aromatic heterocycles. The van der Waals surface area contributed by atoms with E-state index in [9.17, 15) is 9.90 Å². The topological polar surface area (TPSA) is 75.5 Å². The molecule has 1 aromatic rings. The zero-order chi connectivity index (χ0) is 14.7. The first-order chi connectivity index (χ1) is 9.50. The van der Waals surface area contributed by atoms with Gasteiger partial charge >= 0.3 is 5.97 Å². The minimum Gasteiger partial charge on any atom is -0.478 e. The highest BCUT2D eigenvalue weighted by atomic mass is 16.5. The number of ether oxygens (including phenoxy) is 1. The highest BCUT2D eigenvalue weighted by Gasteiger charge is 2.22. The third kappa shape index (κ3) is 3.45. The number of likely N-dealkylation sites (N-methyl/N-ethyl adjacent to an activating group) is 1. The molecule has 0 unspecified atom stereocenters. The van der Waals surface area contributed by atoms with Crippen molar-refractivity contribution >= 4 is 11.8 Å². The quantitative estimate of drug-likeness (QED) is 0.765. The molecule has 1 aliphatic carbocycles. The number of carbonyl (C=O) groups is 1. The van der Waals surface area contributed by atoms with Crippen LogP contribution in [-0.4, -0.2) is 48.1 Å². The maximum Gasteiger partial charge on any atom is 0.339 e. The van der Waals surface area contributed by atoms with Crippen LogP contribution >= 0.6 is 0 Å². The Morgan fingerprint density at radius 3 is 2.70 bits per heavy atom. The molecule has 1 heterocycles. The summed E-state index contributed by atoms with van der Waals surface area (Å²) in [5.41, 5.74) is 1.53. The molecule has 0 bridgehead atoms. The summed E-state index contributed by atoms with van der Waals surface area (Å²) in [6.45, 7) is 5.49. The predicted octanol–water partition coefficient (Wildman–Crippen LogP) is 1.65. The highest BCUT2D eigenvalue weighted by Crippen LogP contribution is 2.28. The molecule has 20 heavy (non-hydrogen) atoms. The lowest BCUT2D eigenvalue weighted by molar-refractivity contribution is 0.0695. The van der Waals surface area contributed by atoms with Crippen molar-refractivity contribution in [3.05, 3.63) is 16.8 Å². The Kier molecular flexibility index (Phi) is 4.54. The first-order valence-corrected chi connectivity index (χ1v) is 6.86. The van der Waals surface area contributed by atoms with Gasteiger partial charge in [0.25, 0.3) is 0 Å². The monoisotopic (exact) mass is 279 g/mol. The SMILES string of the molecule is Cc1nnc(N(C)CCOCC2CC2)c(C(=O)O)c1C. The Balaban J connectivity index is 2.02. The second-order valence-electron chi connectivity index (χ2n) is 5.35. The third-order valence-corrected chi connectivity index (χ3v) is 3.63. The maximum atomic E-state index is 11.4. The smallest absolute Gasteiger partial charge is 0.339 e. The van der Waals surface area contributed by atoms with Gasteiger partial charge < -0.3 is 14.7 Å². The van der Waals surface area contributed by atoms with Crippen molar-refractivity contribution in [2.24, 2.45) is 5.92 Å². The Labute approximate surface area is 118 Å². The van der Waals surface area contributed by atoms with Crippen molar-refractivity contribution in [3.63, 3.8) is 0 Å². The fraction of sp³-hybridized carbons (Fsp3) is 0.643. The van der Waals surface area contributed by atoms with Crippen LogP contribution in [0.3, 0.4) is 0 Å². The van der Waals surface area contributed by atoms with Crippen molar-refractivity contribution in [2.75, 3.05) is 31.7 Å². The highest BCUT2D eigenvalue weighted by molar-refractivity contribution is 5.95. The molecule has 0 amide bonds. The molecule has 1 aliphatic rings. The van der Waals surface area contributed by atoms with Crippen LogP contribution < -0.4 is 4.90 Å². The molecule has 110 valence electrons. The van der Waals surface area contributed by atoms with E-state index in [2.05, 4.69) is 10.2 Å². The zero-order valence-electron chi connectivity index (χ0n) is 12.2. The largest absolute Gasteiger partial charge is 0.478 e. The summed E-state index contributed by atoms with van der Waals surface area (Å²) < 4.78 is 5.57. The second kappa shape index (κ2) is 6.17. The van der Waals surface area contributed by atoms with Crippen LogP contribution in [0.5, 0.6) is 0 Å². The molecule has 0 saturated heterocycles. The minimum atomic E-state index is -0.971. The van der Waals surface area contributed by atoms with Crippen LogP contribution in [0.2, 0.25) is 0 Å². The van der Waals surface area contributed by atoms with Gasteiger partial charge in [0.15, 0.2) is 5.82 Å². The summed E-state index contributed by atoms with van der Waals surface area (Å²) in [6.07, 6.45) is 2.53. The molecule has 0 aliphatic heterocycles. The van der Waals surface area contributed by atoms with Gasteiger partial charge in [-0.1, -0.05) is 0 Å². The normalized spacial score (nSPS) is 14.3. The molecule has 6 heteroatoms. The summed E-state index contributed by atoms with van der Waals surface area (Å²) in [5, 5.41) is 17.4. The van der Waals surface area contributed by atoms with Crippen molar-refractivity contribution in [3.8, 4) is 0 Å². The first kappa shape index (κ1) is 14.7. The lowest BCUT2D eigenvalue weighted by Gasteiger charge is -2.20. The predicted molar refractivity (Wildman–Crippen MR) is 75.3 cm³/mol. The fourth-order valence-corrected chi connectivity index (χ4v) is 1.96. The van der Waals surface area contributed by atoms with Crippen LogP contribution in [0.1, 0.15) is 34.5 Å². The van der Waals surface area contributed by atoms with Gasteiger partial charge in [-0.2, -0.15) is 5.10 Å². The molecule has 0 atom stereocenters. The van der Waals surface area contributed by atoms with Crippen LogP contribution in [0.25, 0.3) is 0 Å². The summed E-state index contributed by atoms with van der Waals surface area (Å²) >= 11 is 0. The number of carboxylic acid groups (broad SMARTS) is 1. The molecule has 6 nitrogen and oxygen atoms in total. The Bertz CT molecular complexity index is 501. The van der Waals surface area contributed by atoms with Crippen LogP contribution in [0.15, 0.2) is 0 Å². The molecular formula is C14H21N3O3. The average molecular weight is 279 g/mol. The molecule has 0 spiro atoms. The van der Waals surface area contributed by atoms with E-state index in [-0.39, 0.29) is 5.56 Å². The van der Waals surface area contributed by atoms with E-state index in [4.69, 9.17) is 4.74 Å². The van der Waals surface area contributed by atoms with Crippen molar-refractivity contribution in [1.82, 2.24) is 10.2 Å². The number of rotatable bonds is 7. The number of aromatic nitrogens is 2. The molecule has 2 rings (SSSR count). The van der Waals surface area contributed by atoms with E-state index in [1.54, 1.807) is 18.7 Å². The van der Waals surface area contributed by atoms with Crippen molar-refractivity contribution < 1.29 is 14.6 Å². The van der Waals surface area contributed by atoms with Gasteiger partial charge in [0.1, 0.15) is 5.56 Å². The van der Waals surface area contributed by atoms with Gasteiger partial charge in [-0.15, -0.1) is 5.10 Å². The summed E-state index contributed by atoms with van der Waals surface area (Å²) in [6, 6.07) is 0. The number of anilines is 1. The lowest BCUT2D eigenvalue weighted by Crippen LogP contribution is -2.27. The molecule has 0 radical (unpaired) electrons. The number of carboxylic acids is 1. The van der Waals surface area contributed by atoms with E-state index >= 15 is 0 Å². The number of nitrogens with zero attached hydrogens (tertiary/aromatic N) is 3. The van der Waals surface area contributed by atoms with Gasteiger partial charge in [0, 0.05) is 20.2 Å². The summed E-state index contributed by atoms with van der Waals surface area (Å²) in [4.78, 5) is 13.2. The summed E-state index contributed by atoms with van der Waals surface area (Å²) in [7, 11) is 1.81. The van der Waals surface area contributed by atoms with E-state index in [1.807, 2.05) is 7.05 Å². The number of aromatic carboxylic acids is 1. The summed E-state index contributed by atoms with van der Waals surface area (Å²) in [5.74, 6) is 0.160. The minimum absolute atomic E-state index is 0.224. The fourth-order valence-electron chi connectivity index (χ4n) is 1.96. The van der Waals surface area contributed by atoms with Crippen LogP contribution in [0.4, 0.5) is 5.82 Å². The van der Waals surface area contributed by atoms with Gasteiger partial charge in [-0.3, -0.25) is 0 Å². The Hall–Kier alpha value is -1.69. The van der Waals surface area contributed by atoms with E-state index in [1.165, 1.54) is 12.8 Å². The Morgan fingerprint density at radius 1 is 1.40 bits per heavy atom. The van der Waals surface area contributed by atoms with Crippen molar-refractivity contribution in [1.29, 1.82) is 0 Å². The average Bonchev–Trinajstić information content (AvgIpc) is 3.21. The van der Waals surface area contributed by atoms with Crippen LogP contribution in [-0.2, 0) is 4.74 Å². The van der Waals surface area contributed by atoms with Gasteiger partial charge in [0.2, 0.25) is 0 Å². The lowest BCUT2D eigenvalue weighted by atomic mass is 10.1. The number of hydrogen-bond donors (Lipinski definition) is 1. The maximum absolute atomic E-state index is 11.4. The van der Waals surface area contributed by atoms with E-state index in [0.29, 0.717) is 30.2 Å². The molecule has 1 saturated carbocycles. The van der Waals surface area contributed by atoms with E-state index < -0.39 is 5.97 Å². The molecular weight excluding hydrogens is 258 g/mol. The number of hydrogen-bond acceptors (Lipinski definition) is 5. The Morgan fingerprint density at radius 2 is 2.10 bits per heavy atom. The second-order valence-corrected chi connectivity index (χ2v) is 5.35. The standard InChI is InChI=1S/C14H21N3O3/c1-9-10(2)15-16-13(12(9)14(18)19)17(3)6-7-20-8-11-4-5-11/h11H,4-8H2,1-3H3,(H,18,19). The zero-order valence-corrected chi connectivity index (χ0v) is 12.2. The van der Waals surface area contributed by atoms with Gasteiger partial charge in [-0.25, -0.2) is 4.79 Å². The van der Waals surface area contributed by atoms with Gasteiger partial charge in [-0.05, 0) is 38.2 Å². The first-order valence-electron chi connectivity index (χ1n) is 6.86. The van der Waals surface area contributed by atoms with E-state index in [0.717, 1.165) is 12.5 Å². The third-order valence-electron chi connectivity index (χ3n) is 3.63. The van der Waals surface area contributed by atoms with Gasteiger partial charge in [0.05, 0.1) is 12.3 Å². The van der Waals surface area contributed by atoms with Crippen molar-refractivity contribution in [2.45, 2.75) is 26.7 Å².